The normalized spacial score (nSPS) is 10.1. The molecular formula is C13H10BrFN2O. The zero-order chi connectivity index (χ0) is 13.1. The van der Waals surface area contributed by atoms with Crippen molar-refractivity contribution in [3.05, 3.63) is 58.3 Å². The second-order valence-corrected chi connectivity index (χ2v) is 4.53. The Bertz CT molecular complexity index is 564. The molecule has 0 aliphatic rings. The van der Waals surface area contributed by atoms with Crippen molar-refractivity contribution in [2.45, 2.75) is 0 Å². The van der Waals surface area contributed by atoms with Gasteiger partial charge in [-0.2, -0.15) is 0 Å². The van der Waals surface area contributed by atoms with E-state index < -0.39 is 5.82 Å². The Balaban J connectivity index is 2.24. The van der Waals surface area contributed by atoms with Gasteiger partial charge in [0.1, 0.15) is 5.82 Å². The standard InChI is InChI=1S/C13H10BrFN2O/c14-10-2-1-3-11(15)12(10)17-13(18)8-4-6-9(16)7-5-8/h1-7H,16H2,(H,17,18). The zero-order valence-electron chi connectivity index (χ0n) is 9.28. The third kappa shape index (κ3) is 2.68. The minimum Gasteiger partial charge on any atom is -0.399 e. The number of nitrogen functional groups attached to an aromatic ring is 1. The van der Waals surface area contributed by atoms with Crippen LogP contribution in [-0.4, -0.2) is 5.91 Å². The predicted octanol–water partition coefficient (Wildman–Crippen LogP) is 3.42. The second-order valence-electron chi connectivity index (χ2n) is 3.67. The van der Waals surface area contributed by atoms with E-state index in [2.05, 4.69) is 21.2 Å². The molecule has 3 nitrogen and oxygen atoms in total. The number of rotatable bonds is 2. The van der Waals surface area contributed by atoms with Crippen LogP contribution in [0.4, 0.5) is 15.8 Å². The smallest absolute Gasteiger partial charge is 0.255 e. The summed E-state index contributed by atoms with van der Waals surface area (Å²) in [5.41, 5.74) is 6.64. The molecule has 1 amide bonds. The summed E-state index contributed by atoms with van der Waals surface area (Å²) < 4.78 is 14.0. The van der Waals surface area contributed by atoms with Crippen molar-refractivity contribution < 1.29 is 9.18 Å². The lowest BCUT2D eigenvalue weighted by Crippen LogP contribution is -2.13. The molecular weight excluding hydrogens is 299 g/mol. The van der Waals surface area contributed by atoms with E-state index in [4.69, 9.17) is 5.73 Å². The van der Waals surface area contributed by atoms with Crippen LogP contribution in [0.5, 0.6) is 0 Å². The van der Waals surface area contributed by atoms with E-state index in [-0.39, 0.29) is 11.6 Å². The number of carbonyl (C=O) groups excluding carboxylic acids is 1. The molecule has 0 aliphatic heterocycles. The number of hydrogen-bond donors (Lipinski definition) is 2. The second kappa shape index (κ2) is 5.18. The molecule has 0 heterocycles. The van der Waals surface area contributed by atoms with Crippen LogP contribution >= 0.6 is 15.9 Å². The Morgan fingerprint density at radius 1 is 1.17 bits per heavy atom. The van der Waals surface area contributed by atoms with Gasteiger partial charge in [-0.1, -0.05) is 6.07 Å². The lowest BCUT2D eigenvalue weighted by Gasteiger charge is -2.08. The SMILES string of the molecule is Nc1ccc(C(=O)Nc2c(F)cccc2Br)cc1. The molecule has 0 atom stereocenters. The quantitative estimate of drug-likeness (QED) is 0.835. The van der Waals surface area contributed by atoms with E-state index in [1.165, 1.54) is 6.07 Å². The number of carbonyl (C=O) groups is 1. The maximum atomic E-state index is 13.5. The Morgan fingerprint density at radius 2 is 1.83 bits per heavy atom. The van der Waals surface area contributed by atoms with Crippen LogP contribution in [0.2, 0.25) is 0 Å². The maximum Gasteiger partial charge on any atom is 0.255 e. The predicted molar refractivity (Wildman–Crippen MR) is 72.9 cm³/mol. The molecule has 2 aromatic carbocycles. The Hall–Kier alpha value is -1.88. The first-order valence-electron chi connectivity index (χ1n) is 5.19. The van der Waals surface area contributed by atoms with E-state index in [0.29, 0.717) is 15.7 Å². The van der Waals surface area contributed by atoms with Gasteiger partial charge in [0.25, 0.3) is 5.91 Å². The first-order valence-corrected chi connectivity index (χ1v) is 5.98. The molecule has 0 fully saturated rings. The highest BCUT2D eigenvalue weighted by atomic mass is 79.9. The van der Waals surface area contributed by atoms with Crippen molar-refractivity contribution >= 4 is 33.2 Å². The fourth-order valence-corrected chi connectivity index (χ4v) is 1.88. The number of anilines is 2. The first kappa shape index (κ1) is 12.6. The van der Waals surface area contributed by atoms with E-state index in [1.807, 2.05) is 0 Å². The van der Waals surface area contributed by atoms with Crippen LogP contribution in [-0.2, 0) is 0 Å². The van der Waals surface area contributed by atoms with Gasteiger partial charge < -0.3 is 11.1 Å². The van der Waals surface area contributed by atoms with Gasteiger partial charge in [-0.15, -0.1) is 0 Å². The largest absolute Gasteiger partial charge is 0.399 e. The van der Waals surface area contributed by atoms with Crippen LogP contribution < -0.4 is 11.1 Å². The minimum absolute atomic E-state index is 0.124. The third-order valence-corrected chi connectivity index (χ3v) is 3.03. The van der Waals surface area contributed by atoms with Crippen LogP contribution in [0.15, 0.2) is 46.9 Å². The molecule has 2 aromatic rings. The highest BCUT2D eigenvalue weighted by molar-refractivity contribution is 9.10. The summed E-state index contributed by atoms with van der Waals surface area (Å²) in [5.74, 6) is -0.881. The molecule has 0 saturated carbocycles. The van der Waals surface area contributed by atoms with E-state index >= 15 is 0 Å². The lowest BCUT2D eigenvalue weighted by atomic mass is 10.2. The summed E-state index contributed by atoms with van der Waals surface area (Å²) in [6.45, 7) is 0. The van der Waals surface area contributed by atoms with Gasteiger partial charge in [-0.25, -0.2) is 4.39 Å². The number of nitrogens with two attached hydrogens (primary N) is 1. The van der Waals surface area contributed by atoms with E-state index in [1.54, 1.807) is 36.4 Å². The number of halogens is 2. The molecule has 92 valence electrons. The summed E-state index contributed by atoms with van der Waals surface area (Å²) >= 11 is 3.19. The molecule has 0 spiro atoms. The van der Waals surface area contributed by atoms with Crippen LogP contribution in [0.1, 0.15) is 10.4 Å². The van der Waals surface area contributed by atoms with Crippen molar-refractivity contribution in [3.63, 3.8) is 0 Å². The van der Waals surface area contributed by atoms with Gasteiger partial charge in [-0.05, 0) is 52.3 Å². The Morgan fingerprint density at radius 3 is 2.44 bits per heavy atom. The summed E-state index contributed by atoms with van der Waals surface area (Å²) in [4.78, 5) is 11.9. The van der Waals surface area contributed by atoms with E-state index in [0.717, 1.165) is 0 Å². The highest BCUT2D eigenvalue weighted by Gasteiger charge is 2.11. The average molecular weight is 309 g/mol. The number of benzene rings is 2. The summed E-state index contributed by atoms with van der Waals surface area (Å²) in [5, 5.41) is 2.51. The van der Waals surface area contributed by atoms with Gasteiger partial charge in [0.15, 0.2) is 0 Å². The molecule has 0 saturated heterocycles. The fourth-order valence-electron chi connectivity index (χ4n) is 1.44. The summed E-state index contributed by atoms with van der Waals surface area (Å²) in [6.07, 6.45) is 0. The Kier molecular flexibility index (Phi) is 3.62. The van der Waals surface area contributed by atoms with Crippen molar-refractivity contribution in [1.29, 1.82) is 0 Å². The molecule has 0 aliphatic carbocycles. The molecule has 18 heavy (non-hydrogen) atoms. The maximum absolute atomic E-state index is 13.5. The molecule has 0 bridgehead atoms. The number of nitrogens with one attached hydrogen (secondary N) is 1. The lowest BCUT2D eigenvalue weighted by molar-refractivity contribution is 0.102. The molecule has 2 rings (SSSR count). The van der Waals surface area contributed by atoms with Gasteiger partial charge >= 0.3 is 0 Å². The van der Waals surface area contributed by atoms with Crippen molar-refractivity contribution in [3.8, 4) is 0 Å². The Labute approximate surface area is 112 Å². The van der Waals surface area contributed by atoms with Gasteiger partial charge in [-0.3, -0.25) is 4.79 Å². The first-order chi connectivity index (χ1) is 8.58. The van der Waals surface area contributed by atoms with Crippen molar-refractivity contribution in [1.82, 2.24) is 0 Å². The van der Waals surface area contributed by atoms with Crippen LogP contribution in [0, 0.1) is 5.82 Å². The monoisotopic (exact) mass is 308 g/mol. The summed E-state index contributed by atoms with van der Waals surface area (Å²) in [6, 6.07) is 10.9. The summed E-state index contributed by atoms with van der Waals surface area (Å²) in [7, 11) is 0. The molecule has 3 N–H and O–H groups in total. The molecule has 0 unspecified atom stereocenters. The number of hydrogen-bond acceptors (Lipinski definition) is 2. The topological polar surface area (TPSA) is 55.1 Å². The zero-order valence-corrected chi connectivity index (χ0v) is 10.9. The number of para-hydroxylation sites is 1. The molecule has 5 heteroatoms. The molecule has 0 radical (unpaired) electrons. The highest BCUT2D eigenvalue weighted by Crippen LogP contribution is 2.25. The van der Waals surface area contributed by atoms with Gasteiger partial charge in [0, 0.05) is 15.7 Å². The van der Waals surface area contributed by atoms with Gasteiger partial charge in [0.05, 0.1) is 5.69 Å². The average Bonchev–Trinajstić information content (AvgIpc) is 2.34. The minimum atomic E-state index is -0.492. The number of amides is 1. The molecule has 0 aromatic heterocycles. The van der Waals surface area contributed by atoms with Crippen LogP contribution in [0.25, 0.3) is 0 Å². The third-order valence-electron chi connectivity index (χ3n) is 2.37. The fraction of sp³-hybridized carbons (Fsp3) is 0. The van der Waals surface area contributed by atoms with E-state index in [9.17, 15) is 9.18 Å². The van der Waals surface area contributed by atoms with Crippen molar-refractivity contribution in [2.24, 2.45) is 0 Å². The van der Waals surface area contributed by atoms with Gasteiger partial charge in [0.2, 0.25) is 0 Å². The van der Waals surface area contributed by atoms with Crippen molar-refractivity contribution in [2.75, 3.05) is 11.1 Å². The van der Waals surface area contributed by atoms with Crippen LogP contribution in [0.3, 0.4) is 0 Å².